The molecule has 1 aromatic heterocycles. The Balaban J connectivity index is 1.16. The van der Waals surface area contributed by atoms with Gasteiger partial charge in [0, 0.05) is 21.9 Å². The largest absolute Gasteiger partial charge is 0.455 e. The van der Waals surface area contributed by atoms with E-state index in [9.17, 15) is 0 Å². The van der Waals surface area contributed by atoms with Crippen LogP contribution < -0.4 is 0 Å². The summed E-state index contributed by atoms with van der Waals surface area (Å²) < 4.78 is 6.55. The Kier molecular flexibility index (Phi) is 5.64. The molecule has 47 heavy (non-hydrogen) atoms. The molecular weight excluding hydrogens is 569 g/mol. The second-order valence-corrected chi connectivity index (χ2v) is 12.4. The number of rotatable bonds is 3. The molecule has 1 heterocycles. The summed E-state index contributed by atoms with van der Waals surface area (Å²) >= 11 is 0. The quantitative estimate of drug-likeness (QED) is 0.146. The predicted molar refractivity (Wildman–Crippen MR) is 200 cm³/mol. The van der Waals surface area contributed by atoms with Gasteiger partial charge < -0.3 is 4.42 Å². The van der Waals surface area contributed by atoms with E-state index in [0.29, 0.717) is 0 Å². The molecule has 9 aromatic carbocycles. The van der Waals surface area contributed by atoms with Crippen LogP contribution in [0.3, 0.4) is 0 Å². The molecular formula is C46H28O. The molecule has 1 nitrogen and oxygen atoms in total. The summed E-state index contributed by atoms with van der Waals surface area (Å²) in [5, 5.41) is 12.3. The van der Waals surface area contributed by atoms with Crippen molar-refractivity contribution in [2.75, 3.05) is 0 Å². The highest BCUT2D eigenvalue weighted by molar-refractivity contribution is 6.24. The van der Waals surface area contributed by atoms with Crippen molar-refractivity contribution in [2.24, 2.45) is 0 Å². The molecule has 0 saturated heterocycles. The van der Waals surface area contributed by atoms with E-state index in [0.717, 1.165) is 27.5 Å². The van der Waals surface area contributed by atoms with E-state index in [-0.39, 0.29) is 0 Å². The predicted octanol–water partition coefficient (Wildman–Crippen LogP) is 13.2. The van der Waals surface area contributed by atoms with Gasteiger partial charge in [-0.25, -0.2) is 0 Å². The zero-order valence-corrected chi connectivity index (χ0v) is 25.6. The fourth-order valence-corrected chi connectivity index (χ4v) is 7.70. The molecule has 10 aromatic rings. The Morgan fingerprint density at radius 1 is 0.298 bits per heavy atom. The fourth-order valence-electron chi connectivity index (χ4n) is 7.70. The van der Waals surface area contributed by atoms with Gasteiger partial charge in [-0.1, -0.05) is 158 Å². The van der Waals surface area contributed by atoms with Crippen LogP contribution in [-0.2, 0) is 0 Å². The Bertz CT molecular complexity index is 2780. The van der Waals surface area contributed by atoms with Crippen molar-refractivity contribution in [1.82, 2.24) is 0 Å². The molecule has 0 aliphatic rings. The Hall–Kier alpha value is -6.18. The van der Waals surface area contributed by atoms with Gasteiger partial charge in [-0.05, 0) is 77.5 Å². The molecule has 0 fully saturated rings. The minimum atomic E-state index is 0.917. The summed E-state index contributed by atoms with van der Waals surface area (Å²) in [5.41, 5.74) is 9.09. The highest BCUT2D eigenvalue weighted by atomic mass is 16.3. The Morgan fingerprint density at radius 2 is 0.830 bits per heavy atom. The van der Waals surface area contributed by atoms with Crippen LogP contribution >= 0.6 is 0 Å². The van der Waals surface area contributed by atoms with Crippen molar-refractivity contribution in [1.29, 1.82) is 0 Å². The first-order valence-electron chi connectivity index (χ1n) is 16.2. The van der Waals surface area contributed by atoms with E-state index < -0.39 is 0 Å². The average molecular weight is 597 g/mol. The van der Waals surface area contributed by atoms with E-state index in [1.807, 2.05) is 6.07 Å². The Labute approximate surface area is 271 Å². The Morgan fingerprint density at radius 3 is 1.57 bits per heavy atom. The van der Waals surface area contributed by atoms with Crippen LogP contribution in [0, 0.1) is 0 Å². The third kappa shape index (κ3) is 3.97. The molecule has 0 amide bonds. The van der Waals surface area contributed by atoms with Crippen molar-refractivity contribution in [3.8, 4) is 33.4 Å². The number of furan rings is 1. The smallest absolute Gasteiger partial charge is 0.143 e. The second-order valence-electron chi connectivity index (χ2n) is 12.4. The van der Waals surface area contributed by atoms with Gasteiger partial charge in [0.2, 0.25) is 0 Å². The number of benzene rings is 9. The van der Waals surface area contributed by atoms with E-state index in [1.54, 1.807) is 0 Å². The molecule has 0 saturated carbocycles. The van der Waals surface area contributed by atoms with Crippen LogP contribution in [0.15, 0.2) is 174 Å². The maximum Gasteiger partial charge on any atom is 0.143 e. The van der Waals surface area contributed by atoms with Crippen LogP contribution in [-0.4, -0.2) is 0 Å². The third-order valence-electron chi connectivity index (χ3n) is 9.86. The summed E-state index contributed by atoms with van der Waals surface area (Å²) in [6, 6.07) is 61.5. The van der Waals surface area contributed by atoms with Crippen molar-refractivity contribution in [3.05, 3.63) is 170 Å². The van der Waals surface area contributed by atoms with Gasteiger partial charge in [0.1, 0.15) is 11.2 Å². The van der Waals surface area contributed by atoms with Crippen LogP contribution in [0.1, 0.15) is 0 Å². The molecule has 0 unspecified atom stereocenters. The maximum absolute atomic E-state index is 6.55. The topological polar surface area (TPSA) is 13.1 Å². The van der Waals surface area contributed by atoms with Crippen molar-refractivity contribution in [3.63, 3.8) is 0 Å². The van der Waals surface area contributed by atoms with Crippen LogP contribution in [0.4, 0.5) is 0 Å². The van der Waals surface area contributed by atoms with Gasteiger partial charge in [0.15, 0.2) is 0 Å². The standard InChI is InChI=1S/C46H28O/c1-2-11-34-30(10-1)22-25-33-28-32(26-27-35(33)34)29-20-23-31(24-21-29)44-37-13-3-5-15-39(37)45(40-16-6-4-14-38(40)44)42-18-9-17-41-36-12-7-8-19-43(36)47-46(41)42/h1-28H. The second kappa shape index (κ2) is 10.2. The molecule has 0 bridgehead atoms. The van der Waals surface area contributed by atoms with E-state index in [2.05, 4.69) is 164 Å². The minimum absolute atomic E-state index is 0.917. The lowest BCUT2D eigenvalue weighted by Crippen LogP contribution is -1.91. The molecule has 218 valence electrons. The van der Waals surface area contributed by atoms with Crippen molar-refractivity contribution in [2.45, 2.75) is 0 Å². The first-order valence-corrected chi connectivity index (χ1v) is 16.2. The lowest BCUT2D eigenvalue weighted by molar-refractivity contribution is 0.670. The molecule has 0 aliphatic heterocycles. The third-order valence-corrected chi connectivity index (χ3v) is 9.86. The van der Waals surface area contributed by atoms with E-state index in [4.69, 9.17) is 4.42 Å². The number of para-hydroxylation sites is 2. The van der Waals surface area contributed by atoms with Crippen molar-refractivity contribution < 1.29 is 4.42 Å². The lowest BCUT2D eigenvalue weighted by atomic mass is 9.85. The average Bonchev–Trinajstić information content (AvgIpc) is 3.53. The monoisotopic (exact) mass is 596 g/mol. The molecule has 10 rings (SSSR count). The van der Waals surface area contributed by atoms with Gasteiger partial charge in [-0.15, -0.1) is 0 Å². The normalized spacial score (nSPS) is 11.8. The summed E-state index contributed by atoms with van der Waals surface area (Å²) in [4.78, 5) is 0. The highest BCUT2D eigenvalue weighted by Gasteiger charge is 2.20. The van der Waals surface area contributed by atoms with Gasteiger partial charge in [-0.3, -0.25) is 0 Å². The summed E-state index contributed by atoms with van der Waals surface area (Å²) in [6.45, 7) is 0. The van der Waals surface area contributed by atoms with Crippen LogP contribution in [0.25, 0.3) is 98.4 Å². The van der Waals surface area contributed by atoms with Gasteiger partial charge in [0.25, 0.3) is 0 Å². The number of fused-ring (bicyclic) bond motifs is 8. The first-order chi connectivity index (χ1) is 23.3. The zero-order chi connectivity index (χ0) is 30.9. The first kappa shape index (κ1) is 26.1. The molecule has 0 spiro atoms. The number of hydrogen-bond donors (Lipinski definition) is 0. The van der Waals surface area contributed by atoms with Gasteiger partial charge in [0.05, 0.1) is 0 Å². The molecule has 0 aliphatic carbocycles. The van der Waals surface area contributed by atoms with Gasteiger partial charge >= 0.3 is 0 Å². The SMILES string of the molecule is c1ccc2c(c1)ccc1cc(-c3ccc(-c4c5ccccc5c(-c5cccc6c5oc5ccccc56)c5ccccc45)cc3)ccc12. The summed E-state index contributed by atoms with van der Waals surface area (Å²) in [7, 11) is 0. The molecule has 0 radical (unpaired) electrons. The summed E-state index contributed by atoms with van der Waals surface area (Å²) in [6.07, 6.45) is 0. The molecule has 0 N–H and O–H groups in total. The maximum atomic E-state index is 6.55. The van der Waals surface area contributed by atoms with E-state index >= 15 is 0 Å². The van der Waals surface area contributed by atoms with Crippen LogP contribution in [0.5, 0.6) is 0 Å². The van der Waals surface area contributed by atoms with Gasteiger partial charge in [-0.2, -0.15) is 0 Å². The molecule has 0 atom stereocenters. The van der Waals surface area contributed by atoms with E-state index in [1.165, 1.54) is 70.9 Å². The minimum Gasteiger partial charge on any atom is -0.455 e. The lowest BCUT2D eigenvalue weighted by Gasteiger charge is -2.18. The van der Waals surface area contributed by atoms with Crippen LogP contribution in [0.2, 0.25) is 0 Å². The zero-order valence-electron chi connectivity index (χ0n) is 25.6. The fraction of sp³-hybridized carbons (Fsp3) is 0. The molecule has 1 heteroatoms. The number of hydrogen-bond acceptors (Lipinski definition) is 1. The highest BCUT2D eigenvalue weighted by Crippen LogP contribution is 2.46. The summed E-state index contributed by atoms with van der Waals surface area (Å²) in [5.74, 6) is 0. The van der Waals surface area contributed by atoms with Crippen molar-refractivity contribution >= 4 is 65.0 Å².